The largest absolute Gasteiger partial charge is 0.334 e. The number of Topliss-reactive ketones (excluding diaryl/α,β-unsaturated/α-hetero) is 1. The lowest BCUT2D eigenvalue weighted by Gasteiger charge is -2.31. The summed E-state index contributed by atoms with van der Waals surface area (Å²) in [5, 5.41) is 0. The zero-order valence-electron chi connectivity index (χ0n) is 17.9. The van der Waals surface area contributed by atoms with E-state index in [2.05, 4.69) is 18.7 Å². The molecule has 4 heteroatoms. The van der Waals surface area contributed by atoms with Crippen molar-refractivity contribution in [2.75, 3.05) is 32.7 Å². The molecule has 30 heavy (non-hydrogen) atoms. The first-order valence-electron chi connectivity index (χ1n) is 10.7. The Kier molecular flexibility index (Phi) is 7.75. The highest BCUT2D eigenvalue weighted by atomic mass is 16.2. The van der Waals surface area contributed by atoms with Gasteiger partial charge in [0.2, 0.25) is 5.91 Å². The number of carbonyl (C=O) groups excluding carboxylic acids is 2. The molecule has 1 heterocycles. The number of ketones is 1. The highest BCUT2D eigenvalue weighted by Gasteiger charge is 2.29. The maximum atomic E-state index is 13.2. The molecule has 1 aliphatic heterocycles. The molecule has 1 amide bonds. The Morgan fingerprint density at radius 2 is 1.33 bits per heavy atom. The van der Waals surface area contributed by atoms with Crippen LogP contribution >= 0.6 is 0 Å². The summed E-state index contributed by atoms with van der Waals surface area (Å²) in [5.41, 5.74) is 3.26. The molecule has 0 bridgehead atoms. The summed E-state index contributed by atoms with van der Waals surface area (Å²) >= 11 is 0. The Morgan fingerprint density at radius 1 is 0.867 bits per heavy atom. The van der Waals surface area contributed by atoms with Gasteiger partial charge in [-0.1, -0.05) is 74.5 Å². The maximum Gasteiger partial charge on any atom is 0.224 e. The van der Waals surface area contributed by atoms with Gasteiger partial charge in [-0.05, 0) is 36.4 Å². The van der Waals surface area contributed by atoms with E-state index >= 15 is 0 Å². The molecule has 0 atom stereocenters. The summed E-state index contributed by atoms with van der Waals surface area (Å²) < 4.78 is 0. The Labute approximate surface area is 179 Å². The molecule has 0 spiro atoms. The van der Waals surface area contributed by atoms with E-state index in [0.29, 0.717) is 30.7 Å². The van der Waals surface area contributed by atoms with Crippen LogP contribution in [0.25, 0.3) is 12.2 Å². The van der Waals surface area contributed by atoms with Crippen molar-refractivity contribution in [3.63, 3.8) is 0 Å². The van der Waals surface area contributed by atoms with Crippen LogP contribution < -0.4 is 0 Å². The van der Waals surface area contributed by atoms with E-state index in [4.69, 9.17) is 0 Å². The average Bonchev–Trinajstić information content (AvgIpc) is 2.78. The van der Waals surface area contributed by atoms with Crippen LogP contribution in [0.1, 0.15) is 31.4 Å². The fraction of sp³-hybridized carbons (Fsp3) is 0.308. The number of hydrogen-bond donors (Lipinski definition) is 0. The van der Waals surface area contributed by atoms with Crippen molar-refractivity contribution in [1.82, 2.24) is 9.80 Å². The minimum atomic E-state index is 0.0236. The maximum absolute atomic E-state index is 13.2. The normalized spacial score (nSPS) is 17.2. The van der Waals surface area contributed by atoms with E-state index in [-0.39, 0.29) is 11.7 Å². The van der Waals surface area contributed by atoms with Crippen molar-refractivity contribution < 1.29 is 9.59 Å². The molecular weight excluding hydrogens is 372 g/mol. The zero-order valence-corrected chi connectivity index (χ0v) is 17.9. The molecule has 2 aromatic carbocycles. The van der Waals surface area contributed by atoms with Crippen LogP contribution in [0.2, 0.25) is 0 Å². The number of amides is 1. The quantitative estimate of drug-likeness (QED) is 0.649. The van der Waals surface area contributed by atoms with Gasteiger partial charge in [0.15, 0.2) is 5.78 Å². The Bertz CT molecular complexity index is 851. The SMILES string of the molecule is CCN(CC)CCC(=O)N1C/C(=C\c2ccccc2)C(=O)/C(=C/c2ccccc2)C1. The van der Waals surface area contributed by atoms with E-state index in [1.54, 1.807) is 0 Å². The molecule has 1 saturated heterocycles. The molecule has 0 aliphatic carbocycles. The van der Waals surface area contributed by atoms with Crippen molar-refractivity contribution in [2.24, 2.45) is 0 Å². The Morgan fingerprint density at radius 3 is 1.77 bits per heavy atom. The fourth-order valence-corrected chi connectivity index (χ4v) is 3.67. The third-order valence-electron chi connectivity index (χ3n) is 5.48. The van der Waals surface area contributed by atoms with Crippen molar-refractivity contribution in [1.29, 1.82) is 0 Å². The van der Waals surface area contributed by atoms with Gasteiger partial charge in [0, 0.05) is 37.2 Å². The predicted molar refractivity (Wildman–Crippen MR) is 123 cm³/mol. The van der Waals surface area contributed by atoms with Crippen LogP contribution in [0.3, 0.4) is 0 Å². The van der Waals surface area contributed by atoms with Gasteiger partial charge in [-0.25, -0.2) is 0 Å². The third kappa shape index (κ3) is 5.77. The molecule has 0 unspecified atom stereocenters. The van der Waals surface area contributed by atoms with Crippen LogP contribution in [0.5, 0.6) is 0 Å². The zero-order chi connectivity index (χ0) is 21.3. The molecule has 0 N–H and O–H groups in total. The molecule has 1 aliphatic rings. The highest BCUT2D eigenvalue weighted by Crippen LogP contribution is 2.22. The van der Waals surface area contributed by atoms with Gasteiger partial charge in [-0.2, -0.15) is 0 Å². The predicted octanol–water partition coefficient (Wildman–Crippen LogP) is 4.30. The number of likely N-dealkylation sites (tertiary alicyclic amines) is 1. The van der Waals surface area contributed by atoms with Crippen LogP contribution in [-0.4, -0.2) is 54.2 Å². The van der Waals surface area contributed by atoms with Gasteiger partial charge in [0.25, 0.3) is 0 Å². The number of benzene rings is 2. The fourth-order valence-electron chi connectivity index (χ4n) is 3.67. The van der Waals surface area contributed by atoms with Crippen molar-refractivity contribution in [3.05, 3.63) is 82.9 Å². The minimum absolute atomic E-state index is 0.0236. The van der Waals surface area contributed by atoms with Crippen molar-refractivity contribution >= 4 is 23.8 Å². The highest BCUT2D eigenvalue weighted by molar-refractivity contribution is 6.15. The number of rotatable bonds is 7. The number of piperidine rings is 1. The number of nitrogens with zero attached hydrogens (tertiary/aromatic N) is 2. The molecule has 3 rings (SSSR count). The van der Waals surface area contributed by atoms with Crippen LogP contribution in [0.15, 0.2) is 71.8 Å². The summed E-state index contributed by atoms with van der Waals surface area (Å²) in [7, 11) is 0. The monoisotopic (exact) mass is 402 g/mol. The number of hydrogen-bond acceptors (Lipinski definition) is 3. The first-order chi connectivity index (χ1) is 14.6. The van der Waals surface area contributed by atoms with Gasteiger partial charge in [0.05, 0.1) is 0 Å². The van der Waals surface area contributed by atoms with E-state index in [9.17, 15) is 9.59 Å². The molecule has 0 saturated carbocycles. The first kappa shape index (κ1) is 21.7. The Balaban J connectivity index is 1.86. The topological polar surface area (TPSA) is 40.6 Å². The summed E-state index contributed by atoms with van der Waals surface area (Å²) in [5.74, 6) is 0.114. The standard InChI is InChI=1S/C26H30N2O2/c1-3-27(4-2)16-15-25(29)28-19-23(17-21-11-7-5-8-12-21)26(30)24(20-28)18-22-13-9-6-10-14-22/h5-14,17-18H,3-4,15-16,19-20H2,1-2H3/b23-17+,24-18+. The Hall–Kier alpha value is -2.98. The lowest BCUT2D eigenvalue weighted by Crippen LogP contribution is -2.42. The van der Waals surface area contributed by atoms with Gasteiger partial charge < -0.3 is 9.80 Å². The van der Waals surface area contributed by atoms with Gasteiger partial charge >= 0.3 is 0 Å². The lowest BCUT2D eigenvalue weighted by molar-refractivity contribution is -0.131. The molecular formula is C26H30N2O2. The van der Waals surface area contributed by atoms with Gasteiger partial charge in [0.1, 0.15) is 0 Å². The summed E-state index contributed by atoms with van der Waals surface area (Å²) in [6.45, 7) is 7.53. The first-order valence-corrected chi connectivity index (χ1v) is 10.7. The van der Waals surface area contributed by atoms with Gasteiger partial charge in [-0.3, -0.25) is 9.59 Å². The summed E-state index contributed by atoms with van der Waals surface area (Å²) in [4.78, 5) is 30.2. The van der Waals surface area contributed by atoms with Crippen molar-refractivity contribution in [2.45, 2.75) is 20.3 Å². The van der Waals surface area contributed by atoms with Crippen molar-refractivity contribution in [3.8, 4) is 0 Å². The smallest absolute Gasteiger partial charge is 0.224 e. The van der Waals surface area contributed by atoms with Crippen LogP contribution in [0, 0.1) is 0 Å². The second-order valence-corrected chi connectivity index (χ2v) is 7.52. The van der Waals surface area contributed by atoms with Gasteiger partial charge in [-0.15, -0.1) is 0 Å². The molecule has 4 nitrogen and oxygen atoms in total. The second-order valence-electron chi connectivity index (χ2n) is 7.52. The van der Waals surface area contributed by atoms with Crippen LogP contribution in [-0.2, 0) is 9.59 Å². The average molecular weight is 403 g/mol. The lowest BCUT2D eigenvalue weighted by atomic mass is 9.94. The van der Waals surface area contributed by atoms with E-state index < -0.39 is 0 Å². The third-order valence-corrected chi connectivity index (χ3v) is 5.48. The summed E-state index contributed by atoms with van der Waals surface area (Å²) in [6, 6.07) is 19.6. The van der Waals surface area contributed by atoms with E-state index in [1.807, 2.05) is 77.7 Å². The van der Waals surface area contributed by atoms with Crippen LogP contribution in [0.4, 0.5) is 0 Å². The minimum Gasteiger partial charge on any atom is -0.334 e. The summed E-state index contributed by atoms with van der Waals surface area (Å²) in [6.07, 6.45) is 4.28. The molecule has 2 aromatic rings. The number of carbonyl (C=O) groups is 2. The van der Waals surface area contributed by atoms with E-state index in [1.165, 1.54) is 0 Å². The molecule has 1 fully saturated rings. The molecule has 0 radical (unpaired) electrons. The second kappa shape index (κ2) is 10.7. The molecule has 156 valence electrons. The van der Waals surface area contributed by atoms with E-state index in [0.717, 1.165) is 30.8 Å². The molecule has 0 aromatic heterocycles.